The largest absolute Gasteiger partial charge is 0.489 e. The fourth-order valence-corrected chi connectivity index (χ4v) is 3.65. The predicted molar refractivity (Wildman–Crippen MR) is 125 cm³/mol. The van der Waals surface area contributed by atoms with Crippen molar-refractivity contribution < 1.29 is 9.53 Å². The molecule has 1 heterocycles. The van der Waals surface area contributed by atoms with Crippen LogP contribution in [0.4, 0.5) is 5.69 Å². The van der Waals surface area contributed by atoms with Crippen LogP contribution in [0.2, 0.25) is 0 Å². The number of hydrogen-bond donors (Lipinski definition) is 1. The summed E-state index contributed by atoms with van der Waals surface area (Å²) in [5.41, 5.74) is 2.70. The molecule has 0 saturated carbocycles. The molecule has 0 fully saturated rings. The van der Waals surface area contributed by atoms with Crippen LogP contribution in [0.25, 0.3) is 11.1 Å². The molecular formula is C24H18ClN3O2S. The second kappa shape index (κ2) is 10.0. The summed E-state index contributed by atoms with van der Waals surface area (Å²) in [5.74, 6) is 0.451. The van der Waals surface area contributed by atoms with E-state index in [1.165, 1.54) is 0 Å². The van der Waals surface area contributed by atoms with Crippen LogP contribution in [0.15, 0.2) is 84.9 Å². The molecule has 1 amide bonds. The van der Waals surface area contributed by atoms with Gasteiger partial charge in [0, 0.05) is 5.69 Å². The van der Waals surface area contributed by atoms with E-state index in [1.807, 2.05) is 72.8 Å². The SMILES string of the molecule is O=C(Nc1ccccc1)c1nnc(/C(Cl)=C/c2ccc(OCc3ccccc3)cc2)s1. The smallest absolute Gasteiger partial charge is 0.286 e. The molecule has 4 rings (SSSR count). The summed E-state index contributed by atoms with van der Waals surface area (Å²) in [5, 5.41) is 11.9. The number of nitrogens with one attached hydrogen (secondary N) is 1. The third-order valence-electron chi connectivity index (χ3n) is 4.28. The second-order valence-electron chi connectivity index (χ2n) is 6.57. The first-order valence-corrected chi connectivity index (χ1v) is 10.7. The molecule has 0 aliphatic heterocycles. The van der Waals surface area contributed by atoms with Gasteiger partial charge in [-0.3, -0.25) is 4.79 Å². The third kappa shape index (κ3) is 5.78. The minimum Gasteiger partial charge on any atom is -0.489 e. The lowest BCUT2D eigenvalue weighted by Crippen LogP contribution is -2.11. The maximum Gasteiger partial charge on any atom is 0.286 e. The molecule has 7 heteroatoms. The van der Waals surface area contributed by atoms with Crippen LogP contribution in [0.3, 0.4) is 0 Å². The Hall–Kier alpha value is -3.48. The minimum absolute atomic E-state index is 0.245. The molecule has 0 saturated heterocycles. The Bertz CT molecular complexity index is 1180. The number of anilines is 1. The highest BCUT2D eigenvalue weighted by Gasteiger charge is 2.14. The summed E-state index contributed by atoms with van der Waals surface area (Å²) in [7, 11) is 0. The van der Waals surface area contributed by atoms with Gasteiger partial charge in [-0.15, -0.1) is 10.2 Å². The molecule has 0 radical (unpaired) electrons. The van der Waals surface area contributed by atoms with E-state index in [2.05, 4.69) is 15.5 Å². The van der Waals surface area contributed by atoms with Crippen molar-refractivity contribution in [3.05, 3.63) is 106 Å². The molecule has 0 spiro atoms. The number of halogens is 1. The molecule has 1 N–H and O–H groups in total. The summed E-state index contributed by atoms with van der Waals surface area (Å²) >= 11 is 7.54. The molecular weight excluding hydrogens is 430 g/mol. The fourth-order valence-electron chi connectivity index (χ4n) is 2.73. The summed E-state index contributed by atoms with van der Waals surface area (Å²) in [6, 6.07) is 26.8. The molecule has 0 bridgehead atoms. The number of rotatable bonds is 7. The van der Waals surface area contributed by atoms with Crippen molar-refractivity contribution in [2.75, 3.05) is 5.32 Å². The molecule has 3 aromatic carbocycles. The van der Waals surface area contributed by atoms with Crippen molar-refractivity contribution in [1.82, 2.24) is 10.2 Å². The van der Waals surface area contributed by atoms with Gasteiger partial charge in [0.05, 0.1) is 5.03 Å². The van der Waals surface area contributed by atoms with Gasteiger partial charge >= 0.3 is 0 Å². The molecule has 0 aliphatic rings. The number of carbonyl (C=O) groups is 1. The van der Waals surface area contributed by atoms with Crippen LogP contribution in [-0.4, -0.2) is 16.1 Å². The third-order valence-corrected chi connectivity index (χ3v) is 5.63. The van der Waals surface area contributed by atoms with Gasteiger partial charge in [-0.05, 0) is 41.5 Å². The molecule has 0 unspecified atom stereocenters. The van der Waals surface area contributed by atoms with E-state index in [-0.39, 0.29) is 10.9 Å². The van der Waals surface area contributed by atoms with Gasteiger partial charge in [0.1, 0.15) is 12.4 Å². The maximum atomic E-state index is 12.3. The number of nitrogens with zero attached hydrogens (tertiary/aromatic N) is 2. The van der Waals surface area contributed by atoms with Crippen LogP contribution < -0.4 is 10.1 Å². The van der Waals surface area contributed by atoms with Crippen molar-refractivity contribution >= 4 is 45.6 Å². The van der Waals surface area contributed by atoms with Crippen molar-refractivity contribution in [3.8, 4) is 5.75 Å². The van der Waals surface area contributed by atoms with Crippen molar-refractivity contribution in [2.45, 2.75) is 6.61 Å². The molecule has 0 aliphatic carbocycles. The van der Waals surface area contributed by atoms with E-state index >= 15 is 0 Å². The normalized spacial score (nSPS) is 11.2. The highest BCUT2D eigenvalue weighted by molar-refractivity contribution is 7.15. The van der Waals surface area contributed by atoms with E-state index in [9.17, 15) is 4.79 Å². The Morgan fingerprint density at radius 2 is 1.55 bits per heavy atom. The number of aromatic nitrogens is 2. The first-order valence-electron chi connectivity index (χ1n) is 9.52. The first-order chi connectivity index (χ1) is 15.2. The number of benzene rings is 3. The predicted octanol–water partition coefficient (Wildman–Crippen LogP) is 6.11. The Morgan fingerprint density at radius 1 is 0.903 bits per heavy atom. The van der Waals surface area contributed by atoms with E-state index in [4.69, 9.17) is 16.3 Å². The maximum absolute atomic E-state index is 12.3. The Kier molecular flexibility index (Phi) is 6.72. The second-order valence-corrected chi connectivity index (χ2v) is 7.95. The average molecular weight is 448 g/mol. The standard InChI is InChI=1S/C24H18ClN3O2S/c25-21(23-27-28-24(31-23)22(29)26-19-9-5-2-6-10-19)15-17-11-13-20(14-12-17)30-16-18-7-3-1-4-8-18/h1-15H,16H2,(H,26,29)/b21-15-. The molecule has 154 valence electrons. The lowest BCUT2D eigenvalue weighted by Gasteiger charge is -2.06. The van der Waals surface area contributed by atoms with Crippen LogP contribution in [0.5, 0.6) is 5.75 Å². The Balaban J connectivity index is 1.38. The van der Waals surface area contributed by atoms with Crippen molar-refractivity contribution in [1.29, 1.82) is 0 Å². The van der Waals surface area contributed by atoms with Crippen LogP contribution in [0, 0.1) is 0 Å². The van der Waals surface area contributed by atoms with Crippen LogP contribution in [0.1, 0.15) is 25.9 Å². The van der Waals surface area contributed by atoms with Gasteiger partial charge in [-0.2, -0.15) is 0 Å². The van der Waals surface area contributed by atoms with Gasteiger partial charge in [0.2, 0.25) is 5.01 Å². The number of ether oxygens (including phenoxy) is 1. The Labute approximate surface area is 189 Å². The Morgan fingerprint density at radius 3 is 2.26 bits per heavy atom. The van der Waals surface area contributed by atoms with Gasteiger partial charge in [-0.1, -0.05) is 83.6 Å². The van der Waals surface area contributed by atoms with Gasteiger partial charge in [0.15, 0.2) is 5.01 Å². The van der Waals surface area contributed by atoms with E-state index < -0.39 is 0 Å². The zero-order valence-electron chi connectivity index (χ0n) is 16.4. The average Bonchev–Trinajstić information content (AvgIpc) is 3.31. The van der Waals surface area contributed by atoms with Crippen molar-refractivity contribution in [2.24, 2.45) is 0 Å². The topological polar surface area (TPSA) is 64.1 Å². The monoisotopic (exact) mass is 447 g/mol. The molecule has 1 aromatic heterocycles. The summed E-state index contributed by atoms with van der Waals surface area (Å²) in [6.45, 7) is 0.509. The van der Waals surface area contributed by atoms with Gasteiger partial charge < -0.3 is 10.1 Å². The van der Waals surface area contributed by atoms with E-state index in [0.717, 1.165) is 28.2 Å². The zero-order valence-corrected chi connectivity index (χ0v) is 17.9. The van der Waals surface area contributed by atoms with Crippen molar-refractivity contribution in [3.63, 3.8) is 0 Å². The lowest BCUT2D eigenvalue weighted by atomic mass is 10.2. The number of hydrogen-bond acceptors (Lipinski definition) is 5. The zero-order chi connectivity index (χ0) is 21.5. The summed E-state index contributed by atoms with van der Waals surface area (Å²) in [4.78, 5) is 12.3. The summed E-state index contributed by atoms with van der Waals surface area (Å²) < 4.78 is 5.80. The quantitative estimate of drug-likeness (QED) is 0.371. The highest BCUT2D eigenvalue weighted by atomic mass is 35.5. The van der Waals surface area contributed by atoms with Crippen LogP contribution in [-0.2, 0) is 6.61 Å². The number of carbonyl (C=O) groups excluding carboxylic acids is 1. The van der Waals surface area contributed by atoms with Crippen LogP contribution >= 0.6 is 22.9 Å². The first kappa shape index (κ1) is 20.8. The number of amides is 1. The van der Waals surface area contributed by atoms with Gasteiger partial charge in [0.25, 0.3) is 5.91 Å². The summed E-state index contributed by atoms with van der Waals surface area (Å²) in [6.07, 6.45) is 1.78. The minimum atomic E-state index is -0.320. The lowest BCUT2D eigenvalue weighted by molar-refractivity contribution is 0.102. The highest BCUT2D eigenvalue weighted by Crippen LogP contribution is 2.26. The molecule has 31 heavy (non-hydrogen) atoms. The number of para-hydroxylation sites is 1. The fraction of sp³-hybridized carbons (Fsp3) is 0.0417. The van der Waals surface area contributed by atoms with E-state index in [1.54, 1.807) is 18.2 Å². The van der Waals surface area contributed by atoms with Gasteiger partial charge in [-0.25, -0.2) is 0 Å². The molecule has 5 nitrogen and oxygen atoms in total. The molecule has 4 aromatic rings. The van der Waals surface area contributed by atoms with E-state index in [0.29, 0.717) is 22.3 Å². The molecule has 0 atom stereocenters.